The van der Waals surface area contributed by atoms with Crippen molar-refractivity contribution < 1.29 is 4.79 Å². The summed E-state index contributed by atoms with van der Waals surface area (Å²) in [6, 6.07) is 8.81. The van der Waals surface area contributed by atoms with E-state index in [1.165, 1.54) is 6.07 Å². The summed E-state index contributed by atoms with van der Waals surface area (Å²) in [6.07, 6.45) is 1.99. The number of hydrogen-bond donors (Lipinski definition) is 2. The molecule has 134 valence electrons. The number of aryl methyl sites for hydroxylation is 1. The fourth-order valence-corrected chi connectivity index (χ4v) is 2.66. The van der Waals surface area contributed by atoms with Crippen molar-refractivity contribution >= 4 is 17.5 Å². The van der Waals surface area contributed by atoms with Gasteiger partial charge in [-0.1, -0.05) is 28.9 Å². The van der Waals surface area contributed by atoms with Crippen molar-refractivity contribution in [3.8, 4) is 0 Å². The molecule has 0 aliphatic carbocycles. The lowest BCUT2D eigenvalue weighted by atomic mass is 10.2. The molecule has 1 aromatic carbocycles. The first kappa shape index (κ1) is 17.8. The average Bonchev–Trinajstić information content (AvgIpc) is 3.02. The van der Waals surface area contributed by atoms with Gasteiger partial charge in [0, 0.05) is 29.7 Å². The molecule has 3 aromatic rings. The highest BCUT2D eigenvalue weighted by atomic mass is 35.5. The van der Waals surface area contributed by atoms with Crippen LogP contribution in [-0.2, 0) is 13.0 Å². The van der Waals surface area contributed by atoms with E-state index in [4.69, 9.17) is 11.6 Å². The molecular formula is C17H17ClN6O2. The largest absolute Gasteiger partial charge is 0.350 e. The van der Waals surface area contributed by atoms with E-state index in [0.29, 0.717) is 36.1 Å². The Morgan fingerprint density at radius 2 is 2.19 bits per heavy atom. The van der Waals surface area contributed by atoms with Crippen LogP contribution in [0.2, 0.25) is 5.02 Å². The number of carbonyl (C=O) groups is 1. The molecule has 0 atom stereocenters. The van der Waals surface area contributed by atoms with Crippen LogP contribution in [0.3, 0.4) is 0 Å². The summed E-state index contributed by atoms with van der Waals surface area (Å²) in [7, 11) is 0. The standard InChI is InChI=1S/C17H17ClN6O2/c1-11-7-16(25)21-15(20-11)5-6-19-17(26)14-10-24(23-22-14)9-12-3-2-4-13(18)8-12/h2-4,7-8,10H,5-6,9H2,1H3,(H,19,26)(H,20,21,25). The molecule has 0 saturated carbocycles. The van der Waals surface area contributed by atoms with Gasteiger partial charge in [-0.15, -0.1) is 5.10 Å². The number of benzene rings is 1. The minimum absolute atomic E-state index is 0.206. The van der Waals surface area contributed by atoms with Gasteiger partial charge >= 0.3 is 0 Å². The minimum atomic E-state index is -0.336. The van der Waals surface area contributed by atoms with Gasteiger partial charge in [0.05, 0.1) is 12.7 Å². The third-order valence-corrected chi connectivity index (χ3v) is 3.81. The van der Waals surface area contributed by atoms with E-state index in [1.54, 1.807) is 23.9 Å². The fraction of sp³-hybridized carbons (Fsp3) is 0.235. The predicted octanol–water partition coefficient (Wildman–Crippen LogP) is 1.34. The molecule has 9 heteroatoms. The number of nitrogens with zero attached hydrogens (tertiary/aromatic N) is 4. The van der Waals surface area contributed by atoms with Gasteiger partial charge in [0.1, 0.15) is 5.82 Å². The van der Waals surface area contributed by atoms with Crippen LogP contribution >= 0.6 is 11.6 Å². The summed E-state index contributed by atoms with van der Waals surface area (Å²) < 4.78 is 1.57. The molecule has 1 amide bonds. The topological polar surface area (TPSA) is 106 Å². The summed E-state index contributed by atoms with van der Waals surface area (Å²) in [5, 5.41) is 11.2. The van der Waals surface area contributed by atoms with Gasteiger partial charge in [-0.2, -0.15) is 0 Å². The van der Waals surface area contributed by atoms with Gasteiger partial charge in [-0.25, -0.2) is 9.67 Å². The molecule has 2 heterocycles. The van der Waals surface area contributed by atoms with Crippen molar-refractivity contribution in [1.29, 1.82) is 0 Å². The number of rotatable bonds is 6. The van der Waals surface area contributed by atoms with E-state index < -0.39 is 0 Å². The zero-order valence-corrected chi connectivity index (χ0v) is 14.8. The van der Waals surface area contributed by atoms with Crippen LogP contribution in [0.5, 0.6) is 0 Å². The lowest BCUT2D eigenvalue weighted by Crippen LogP contribution is -2.27. The van der Waals surface area contributed by atoms with Gasteiger partial charge in [-0.05, 0) is 24.6 Å². The molecule has 0 unspecified atom stereocenters. The van der Waals surface area contributed by atoms with Crippen LogP contribution in [0.25, 0.3) is 0 Å². The normalized spacial score (nSPS) is 10.7. The van der Waals surface area contributed by atoms with Gasteiger partial charge in [0.2, 0.25) is 0 Å². The van der Waals surface area contributed by atoms with Gasteiger partial charge in [0.25, 0.3) is 11.5 Å². The smallest absolute Gasteiger partial charge is 0.273 e. The Balaban J connectivity index is 1.55. The van der Waals surface area contributed by atoms with Crippen LogP contribution in [0, 0.1) is 6.92 Å². The van der Waals surface area contributed by atoms with Crippen molar-refractivity contribution in [3.05, 3.63) is 74.7 Å². The number of hydrogen-bond acceptors (Lipinski definition) is 5. The average molecular weight is 373 g/mol. The summed E-state index contributed by atoms with van der Waals surface area (Å²) >= 11 is 5.96. The third-order valence-electron chi connectivity index (χ3n) is 3.57. The Morgan fingerprint density at radius 1 is 1.35 bits per heavy atom. The maximum atomic E-state index is 12.1. The van der Waals surface area contributed by atoms with Crippen molar-refractivity contribution in [2.75, 3.05) is 6.54 Å². The van der Waals surface area contributed by atoms with Crippen molar-refractivity contribution in [3.63, 3.8) is 0 Å². The van der Waals surface area contributed by atoms with Crippen LogP contribution < -0.4 is 10.9 Å². The SMILES string of the molecule is Cc1cc(=O)[nH]c(CCNC(=O)c2cn(Cc3cccc(Cl)c3)nn2)n1. The zero-order chi connectivity index (χ0) is 18.5. The Morgan fingerprint density at radius 3 is 2.96 bits per heavy atom. The first-order chi connectivity index (χ1) is 12.5. The second-order valence-electron chi connectivity index (χ2n) is 5.77. The van der Waals surface area contributed by atoms with Crippen LogP contribution in [0.4, 0.5) is 0 Å². The Hall–Kier alpha value is -3.00. The summed E-state index contributed by atoms with van der Waals surface area (Å²) in [6.45, 7) is 2.54. The molecule has 3 rings (SSSR count). The van der Waals surface area contributed by atoms with Crippen molar-refractivity contribution in [2.45, 2.75) is 19.9 Å². The fourth-order valence-electron chi connectivity index (χ4n) is 2.45. The Bertz CT molecular complexity index is 981. The molecule has 2 aromatic heterocycles. The van der Waals surface area contributed by atoms with E-state index in [2.05, 4.69) is 25.6 Å². The molecule has 26 heavy (non-hydrogen) atoms. The highest BCUT2D eigenvalue weighted by Crippen LogP contribution is 2.11. The zero-order valence-electron chi connectivity index (χ0n) is 14.1. The van der Waals surface area contributed by atoms with E-state index >= 15 is 0 Å². The maximum Gasteiger partial charge on any atom is 0.273 e. The highest BCUT2D eigenvalue weighted by Gasteiger charge is 2.11. The van der Waals surface area contributed by atoms with E-state index in [0.717, 1.165) is 5.56 Å². The number of aromatic nitrogens is 5. The lowest BCUT2D eigenvalue weighted by molar-refractivity contribution is 0.0949. The number of aromatic amines is 1. The highest BCUT2D eigenvalue weighted by molar-refractivity contribution is 6.30. The van der Waals surface area contributed by atoms with Crippen molar-refractivity contribution in [1.82, 2.24) is 30.3 Å². The second kappa shape index (κ2) is 7.92. The number of carbonyl (C=O) groups excluding carboxylic acids is 1. The molecule has 2 N–H and O–H groups in total. The molecule has 8 nitrogen and oxygen atoms in total. The van der Waals surface area contributed by atoms with Gasteiger partial charge in [-0.3, -0.25) is 9.59 Å². The van der Waals surface area contributed by atoms with Crippen LogP contribution in [0.15, 0.2) is 41.3 Å². The molecule has 0 aliphatic rings. The van der Waals surface area contributed by atoms with Gasteiger partial charge < -0.3 is 10.3 Å². The monoisotopic (exact) mass is 372 g/mol. The quantitative estimate of drug-likeness (QED) is 0.679. The summed E-state index contributed by atoms with van der Waals surface area (Å²) in [4.78, 5) is 30.4. The molecular weight excluding hydrogens is 356 g/mol. The minimum Gasteiger partial charge on any atom is -0.350 e. The van der Waals surface area contributed by atoms with E-state index in [-0.39, 0.29) is 17.2 Å². The molecule has 0 saturated heterocycles. The molecule has 0 spiro atoms. The first-order valence-electron chi connectivity index (χ1n) is 7.99. The maximum absolute atomic E-state index is 12.1. The number of amides is 1. The van der Waals surface area contributed by atoms with E-state index in [9.17, 15) is 9.59 Å². The number of H-pyrrole nitrogens is 1. The molecule has 0 radical (unpaired) electrons. The second-order valence-corrected chi connectivity index (χ2v) is 6.21. The summed E-state index contributed by atoms with van der Waals surface area (Å²) in [5.74, 6) is 0.192. The molecule has 0 bridgehead atoms. The van der Waals surface area contributed by atoms with Gasteiger partial charge in [0.15, 0.2) is 5.69 Å². The number of halogens is 1. The molecule has 0 fully saturated rings. The Kier molecular flexibility index (Phi) is 5.43. The van der Waals surface area contributed by atoms with Crippen LogP contribution in [0.1, 0.15) is 27.6 Å². The number of nitrogens with one attached hydrogen (secondary N) is 2. The lowest BCUT2D eigenvalue weighted by Gasteiger charge is -2.03. The predicted molar refractivity (Wildman–Crippen MR) is 96.2 cm³/mol. The van der Waals surface area contributed by atoms with Crippen molar-refractivity contribution in [2.24, 2.45) is 0 Å². The van der Waals surface area contributed by atoms with Crippen LogP contribution in [-0.4, -0.2) is 37.4 Å². The molecule has 0 aliphatic heterocycles. The third kappa shape index (κ3) is 4.76. The van der Waals surface area contributed by atoms with E-state index in [1.807, 2.05) is 18.2 Å². The first-order valence-corrected chi connectivity index (χ1v) is 8.37. The Labute approximate surface area is 154 Å². The summed E-state index contributed by atoms with van der Waals surface area (Å²) in [5.41, 5.74) is 1.61.